The van der Waals surface area contributed by atoms with Gasteiger partial charge in [0, 0.05) is 5.56 Å². The molecule has 12 aromatic carbocycles. The van der Waals surface area contributed by atoms with Crippen molar-refractivity contribution in [1.29, 1.82) is 0 Å². The van der Waals surface area contributed by atoms with Crippen LogP contribution in [-0.2, 0) is 0 Å². The number of nitrogens with zero attached hydrogens (tertiary/aromatic N) is 1. The van der Waals surface area contributed by atoms with Crippen LogP contribution in [0.1, 0.15) is 6.42 Å². The molecular formula is C68H43NO. The predicted molar refractivity (Wildman–Crippen MR) is 296 cm³/mol. The molecule has 13 aromatic rings. The maximum absolute atomic E-state index is 6.28. The molecule has 0 amide bonds. The van der Waals surface area contributed by atoms with Crippen LogP contribution >= 0.6 is 0 Å². The molecule has 0 unspecified atom stereocenters. The van der Waals surface area contributed by atoms with Crippen molar-refractivity contribution >= 4 is 77.1 Å². The summed E-state index contributed by atoms with van der Waals surface area (Å²) < 4.78 is 6.28. The van der Waals surface area contributed by atoms with Gasteiger partial charge in [-0.2, -0.15) is 0 Å². The Morgan fingerprint density at radius 3 is 1.49 bits per heavy atom. The maximum atomic E-state index is 6.28. The molecule has 2 heteroatoms. The van der Waals surface area contributed by atoms with Gasteiger partial charge in [0.1, 0.15) is 5.52 Å². The Morgan fingerprint density at radius 2 is 0.814 bits per heavy atom. The van der Waals surface area contributed by atoms with E-state index in [1.807, 2.05) is 24.3 Å². The standard InChI is InChI=1S/C68H43NO/c1-2-24-54-55(25-3-1)65(50-22-15-23-53(41-50)68-69-62-30-12-13-31-63(62)70-68)57-27-9-8-26-56(57)64(54)49-21-14-20-47(40-49)48-36-37-60-61(42-48)67(52-35-33-44-17-5-7-19-46(44)39-52)59-29-11-10-28-58(59)66(60)51-34-32-43-16-4-6-18-45(43)38-51/h1,3-42H,2H2. The minimum atomic E-state index is 0.624. The highest BCUT2D eigenvalue weighted by Gasteiger charge is 2.20. The zero-order valence-corrected chi connectivity index (χ0v) is 38.2. The van der Waals surface area contributed by atoms with Gasteiger partial charge in [0.25, 0.3) is 0 Å². The first kappa shape index (κ1) is 40.0. The van der Waals surface area contributed by atoms with Gasteiger partial charge in [0.05, 0.1) is 0 Å². The molecule has 1 aromatic heterocycles. The fourth-order valence-corrected chi connectivity index (χ4v) is 11.2. The van der Waals surface area contributed by atoms with Crippen molar-refractivity contribution in [3.8, 4) is 67.1 Å². The van der Waals surface area contributed by atoms with E-state index in [9.17, 15) is 0 Å². The molecule has 1 heterocycles. The smallest absolute Gasteiger partial charge is 0.227 e. The topological polar surface area (TPSA) is 26.0 Å². The Labute approximate surface area is 405 Å². The molecule has 1 aliphatic rings. The van der Waals surface area contributed by atoms with Crippen LogP contribution in [0.15, 0.2) is 241 Å². The molecule has 0 fully saturated rings. The van der Waals surface area contributed by atoms with E-state index < -0.39 is 0 Å². The van der Waals surface area contributed by atoms with E-state index in [0.29, 0.717) is 5.89 Å². The summed E-state index contributed by atoms with van der Waals surface area (Å²) in [5.41, 5.74) is 14.7. The van der Waals surface area contributed by atoms with E-state index >= 15 is 0 Å². The zero-order chi connectivity index (χ0) is 46.1. The van der Waals surface area contributed by atoms with Crippen molar-refractivity contribution in [3.63, 3.8) is 0 Å². The van der Waals surface area contributed by atoms with Crippen LogP contribution in [-0.4, -0.2) is 4.98 Å². The third kappa shape index (κ3) is 6.60. The van der Waals surface area contributed by atoms with Crippen molar-refractivity contribution in [2.45, 2.75) is 6.42 Å². The maximum Gasteiger partial charge on any atom is 0.227 e. The second kappa shape index (κ2) is 16.3. The Balaban J connectivity index is 0.978. The third-order valence-corrected chi connectivity index (χ3v) is 14.4. The molecule has 0 radical (unpaired) electrons. The first-order chi connectivity index (χ1) is 34.7. The van der Waals surface area contributed by atoms with Crippen LogP contribution in [0.25, 0.3) is 144 Å². The molecule has 2 nitrogen and oxygen atoms in total. The van der Waals surface area contributed by atoms with Crippen molar-refractivity contribution in [3.05, 3.63) is 247 Å². The minimum absolute atomic E-state index is 0.624. The number of fused-ring (bicyclic) bond motifs is 7. The lowest BCUT2D eigenvalue weighted by Crippen LogP contribution is -2.29. The van der Waals surface area contributed by atoms with E-state index in [2.05, 4.69) is 224 Å². The minimum Gasteiger partial charge on any atom is -0.436 e. The highest BCUT2D eigenvalue weighted by atomic mass is 16.3. The number of hydrogen-bond acceptors (Lipinski definition) is 2. The quantitative estimate of drug-likeness (QED) is 0.156. The van der Waals surface area contributed by atoms with E-state index in [4.69, 9.17) is 9.40 Å². The Kier molecular flexibility index (Phi) is 9.31. The molecule has 0 spiro atoms. The number of aromatic nitrogens is 1. The monoisotopic (exact) mass is 889 g/mol. The van der Waals surface area contributed by atoms with Crippen LogP contribution in [0.3, 0.4) is 0 Å². The van der Waals surface area contributed by atoms with Gasteiger partial charge in [-0.05, 0) is 175 Å². The Hall–Kier alpha value is -9.11. The SMILES string of the molecule is C1=CCC=c2c(-c3cccc(-c4ccc5c(-c6ccc7ccccc7c6)c6ccccc6c(-c6ccc7ccccc7c6)c5c4)c3)c3ccccc3c(-c3cccc(-c4nc5ccccc5o4)c3)c2=C1. The van der Waals surface area contributed by atoms with Crippen LogP contribution in [0.4, 0.5) is 0 Å². The van der Waals surface area contributed by atoms with Gasteiger partial charge >= 0.3 is 0 Å². The molecule has 0 atom stereocenters. The van der Waals surface area contributed by atoms with E-state index in [1.165, 1.54) is 114 Å². The molecule has 0 saturated heterocycles. The number of rotatable bonds is 6. The molecule has 1 aliphatic carbocycles. The van der Waals surface area contributed by atoms with E-state index in [1.54, 1.807) is 0 Å². The molecule has 70 heavy (non-hydrogen) atoms. The van der Waals surface area contributed by atoms with Crippen LogP contribution < -0.4 is 10.4 Å². The van der Waals surface area contributed by atoms with Crippen LogP contribution in [0, 0.1) is 0 Å². The van der Waals surface area contributed by atoms with Gasteiger partial charge in [-0.25, -0.2) is 4.98 Å². The van der Waals surface area contributed by atoms with Crippen molar-refractivity contribution in [1.82, 2.24) is 4.98 Å². The number of para-hydroxylation sites is 2. The highest BCUT2D eigenvalue weighted by Crippen LogP contribution is 2.46. The van der Waals surface area contributed by atoms with Crippen LogP contribution in [0.2, 0.25) is 0 Å². The fourth-order valence-electron chi connectivity index (χ4n) is 11.2. The second-order valence-electron chi connectivity index (χ2n) is 18.5. The summed E-state index contributed by atoms with van der Waals surface area (Å²) in [5, 5.41) is 14.8. The summed E-state index contributed by atoms with van der Waals surface area (Å²) in [6.45, 7) is 0. The summed E-state index contributed by atoms with van der Waals surface area (Å²) in [7, 11) is 0. The number of allylic oxidation sites excluding steroid dienone is 2. The summed E-state index contributed by atoms with van der Waals surface area (Å²) in [6.07, 6.45) is 10.0. The lowest BCUT2D eigenvalue weighted by molar-refractivity contribution is 0.620. The predicted octanol–water partition coefficient (Wildman–Crippen LogP) is 17.1. The largest absolute Gasteiger partial charge is 0.436 e. The normalized spacial score (nSPS) is 12.4. The summed E-state index contributed by atoms with van der Waals surface area (Å²) in [4.78, 5) is 4.87. The lowest BCUT2D eigenvalue weighted by Gasteiger charge is -2.19. The number of hydrogen-bond donors (Lipinski definition) is 0. The van der Waals surface area contributed by atoms with Gasteiger partial charge in [0.15, 0.2) is 5.58 Å². The van der Waals surface area contributed by atoms with Gasteiger partial charge < -0.3 is 4.42 Å². The van der Waals surface area contributed by atoms with Crippen molar-refractivity contribution < 1.29 is 4.42 Å². The number of benzene rings is 12. The Morgan fingerprint density at radius 1 is 0.329 bits per heavy atom. The first-order valence-corrected chi connectivity index (χ1v) is 24.2. The van der Waals surface area contributed by atoms with Crippen LogP contribution in [0.5, 0.6) is 0 Å². The molecule has 0 bridgehead atoms. The van der Waals surface area contributed by atoms with Crippen molar-refractivity contribution in [2.24, 2.45) is 0 Å². The van der Waals surface area contributed by atoms with Gasteiger partial charge in [0.2, 0.25) is 5.89 Å². The number of oxazole rings is 1. The first-order valence-electron chi connectivity index (χ1n) is 24.2. The molecule has 0 saturated carbocycles. The average molecular weight is 890 g/mol. The molecule has 0 N–H and O–H groups in total. The van der Waals surface area contributed by atoms with Crippen molar-refractivity contribution in [2.75, 3.05) is 0 Å². The highest BCUT2D eigenvalue weighted by molar-refractivity contribution is 6.22. The summed E-state index contributed by atoms with van der Waals surface area (Å²) in [6, 6.07) is 82.1. The summed E-state index contributed by atoms with van der Waals surface area (Å²) >= 11 is 0. The second-order valence-corrected chi connectivity index (χ2v) is 18.5. The Bertz CT molecular complexity index is 4420. The van der Waals surface area contributed by atoms with E-state index in [0.717, 1.165) is 28.6 Å². The lowest BCUT2D eigenvalue weighted by atomic mass is 9.84. The van der Waals surface area contributed by atoms with Gasteiger partial charge in [-0.15, -0.1) is 0 Å². The van der Waals surface area contributed by atoms with Gasteiger partial charge in [-0.1, -0.05) is 200 Å². The van der Waals surface area contributed by atoms with Gasteiger partial charge in [-0.3, -0.25) is 0 Å². The summed E-state index contributed by atoms with van der Waals surface area (Å²) in [5.74, 6) is 0.624. The zero-order valence-electron chi connectivity index (χ0n) is 38.2. The molecule has 0 aliphatic heterocycles. The molecule has 14 rings (SSSR count). The molecule has 326 valence electrons. The molecular weight excluding hydrogens is 847 g/mol. The third-order valence-electron chi connectivity index (χ3n) is 14.4. The fraction of sp³-hybridized carbons (Fsp3) is 0.0147. The van der Waals surface area contributed by atoms with E-state index in [-0.39, 0.29) is 0 Å². The average Bonchev–Trinajstić information content (AvgIpc) is 3.72.